The van der Waals surface area contributed by atoms with Gasteiger partial charge in [-0.15, -0.1) is 0 Å². The summed E-state index contributed by atoms with van der Waals surface area (Å²) in [7, 11) is 0. The molecule has 1 atom stereocenters. The number of hydrogen-bond acceptors (Lipinski definition) is 1. The van der Waals surface area contributed by atoms with Crippen LogP contribution in [0.5, 0.6) is 0 Å². The van der Waals surface area contributed by atoms with Crippen molar-refractivity contribution in [3.8, 4) is 0 Å². The molecule has 0 aliphatic rings. The van der Waals surface area contributed by atoms with E-state index in [9.17, 15) is 4.79 Å². The van der Waals surface area contributed by atoms with Crippen molar-refractivity contribution in [1.29, 1.82) is 0 Å². The molecular weight excluding hydrogens is 214 g/mol. The molecule has 1 aromatic heterocycles. The van der Waals surface area contributed by atoms with E-state index in [1.165, 1.54) is 5.57 Å². The third-order valence-electron chi connectivity index (χ3n) is 2.77. The Kier molecular flexibility index (Phi) is 5.01. The number of aromatic amines is 1. The van der Waals surface area contributed by atoms with Crippen molar-refractivity contribution in [1.82, 2.24) is 4.98 Å². The van der Waals surface area contributed by atoms with Gasteiger partial charge in [0.15, 0.2) is 0 Å². The number of nitrogens with one attached hydrogen (secondary N) is 1. The molecule has 0 saturated heterocycles. The van der Waals surface area contributed by atoms with Gasteiger partial charge in [-0.1, -0.05) is 18.6 Å². The first-order chi connectivity index (χ1) is 7.99. The van der Waals surface area contributed by atoms with Crippen molar-refractivity contribution < 1.29 is 9.90 Å². The lowest BCUT2D eigenvalue weighted by atomic mass is 9.97. The van der Waals surface area contributed by atoms with Gasteiger partial charge in [0.2, 0.25) is 0 Å². The minimum absolute atomic E-state index is 0.275. The lowest BCUT2D eigenvalue weighted by Crippen LogP contribution is -1.98. The molecule has 3 nitrogen and oxygen atoms in total. The van der Waals surface area contributed by atoms with Crippen LogP contribution < -0.4 is 0 Å². The fourth-order valence-corrected chi connectivity index (χ4v) is 1.84. The number of allylic oxidation sites excluding steroid dienone is 2. The van der Waals surface area contributed by atoms with E-state index in [-0.39, 0.29) is 5.69 Å². The average molecular weight is 235 g/mol. The molecule has 2 N–H and O–H groups in total. The predicted molar refractivity (Wildman–Crippen MR) is 69.3 cm³/mol. The molecule has 17 heavy (non-hydrogen) atoms. The molecule has 1 rings (SSSR count). The number of aromatic nitrogens is 1. The summed E-state index contributed by atoms with van der Waals surface area (Å²) in [5.41, 5.74) is 2.70. The summed E-state index contributed by atoms with van der Waals surface area (Å²) in [6.45, 7) is 6.41. The van der Waals surface area contributed by atoms with E-state index >= 15 is 0 Å². The van der Waals surface area contributed by atoms with Crippen LogP contribution in [0.1, 0.15) is 49.7 Å². The monoisotopic (exact) mass is 235 g/mol. The van der Waals surface area contributed by atoms with Crippen molar-refractivity contribution in [3.05, 3.63) is 35.2 Å². The highest BCUT2D eigenvalue weighted by molar-refractivity contribution is 5.85. The summed E-state index contributed by atoms with van der Waals surface area (Å²) in [5, 5.41) is 8.80. The molecule has 94 valence electrons. The van der Waals surface area contributed by atoms with Gasteiger partial charge in [0.25, 0.3) is 0 Å². The highest BCUT2D eigenvalue weighted by Gasteiger charge is 2.08. The lowest BCUT2D eigenvalue weighted by molar-refractivity contribution is 0.0691. The second-order valence-corrected chi connectivity index (χ2v) is 4.89. The van der Waals surface area contributed by atoms with E-state index in [1.807, 2.05) is 0 Å². The van der Waals surface area contributed by atoms with Gasteiger partial charge >= 0.3 is 5.97 Å². The van der Waals surface area contributed by atoms with E-state index in [1.54, 1.807) is 12.3 Å². The molecule has 1 heterocycles. The van der Waals surface area contributed by atoms with Crippen molar-refractivity contribution in [2.45, 2.75) is 40.0 Å². The van der Waals surface area contributed by atoms with Gasteiger partial charge in [-0.05, 0) is 50.7 Å². The van der Waals surface area contributed by atoms with E-state index in [2.05, 4.69) is 31.8 Å². The summed E-state index contributed by atoms with van der Waals surface area (Å²) >= 11 is 0. The molecule has 0 saturated carbocycles. The number of carboxylic acids is 1. The minimum atomic E-state index is -0.895. The van der Waals surface area contributed by atoms with Crippen molar-refractivity contribution in [2.75, 3.05) is 0 Å². The Hall–Kier alpha value is -1.51. The Bertz CT molecular complexity index is 400. The zero-order valence-corrected chi connectivity index (χ0v) is 10.8. The number of rotatable bonds is 6. The van der Waals surface area contributed by atoms with Gasteiger partial charge in [-0.2, -0.15) is 0 Å². The van der Waals surface area contributed by atoms with Crippen LogP contribution in [0.15, 0.2) is 23.9 Å². The Morgan fingerprint density at radius 3 is 2.76 bits per heavy atom. The summed E-state index contributed by atoms with van der Waals surface area (Å²) in [4.78, 5) is 13.5. The zero-order valence-electron chi connectivity index (χ0n) is 10.8. The van der Waals surface area contributed by atoms with Crippen LogP contribution in [0.25, 0.3) is 0 Å². The topological polar surface area (TPSA) is 53.1 Å². The fraction of sp³-hybridized carbons (Fsp3) is 0.500. The average Bonchev–Trinajstić information content (AvgIpc) is 2.65. The third kappa shape index (κ3) is 4.89. The Balaban J connectivity index is 2.42. The maximum atomic E-state index is 10.7. The van der Waals surface area contributed by atoms with E-state index in [0.717, 1.165) is 24.8 Å². The van der Waals surface area contributed by atoms with Gasteiger partial charge in [0, 0.05) is 6.20 Å². The van der Waals surface area contributed by atoms with E-state index in [4.69, 9.17) is 5.11 Å². The van der Waals surface area contributed by atoms with Gasteiger partial charge in [-0.25, -0.2) is 4.79 Å². The largest absolute Gasteiger partial charge is 0.477 e. The van der Waals surface area contributed by atoms with Crippen LogP contribution in [-0.4, -0.2) is 16.1 Å². The van der Waals surface area contributed by atoms with Crippen molar-refractivity contribution in [3.63, 3.8) is 0 Å². The number of hydrogen-bond donors (Lipinski definition) is 2. The molecule has 3 heteroatoms. The maximum Gasteiger partial charge on any atom is 0.352 e. The Morgan fingerprint density at radius 2 is 2.24 bits per heavy atom. The Morgan fingerprint density at radius 1 is 1.53 bits per heavy atom. The van der Waals surface area contributed by atoms with Crippen molar-refractivity contribution >= 4 is 5.97 Å². The molecule has 0 aliphatic carbocycles. The first-order valence-electron chi connectivity index (χ1n) is 6.03. The van der Waals surface area contributed by atoms with E-state index in [0.29, 0.717) is 5.92 Å². The maximum absolute atomic E-state index is 10.7. The molecule has 0 spiro atoms. The molecule has 0 aromatic carbocycles. The fourth-order valence-electron chi connectivity index (χ4n) is 1.84. The van der Waals surface area contributed by atoms with Gasteiger partial charge in [0.1, 0.15) is 5.69 Å². The highest BCUT2D eigenvalue weighted by atomic mass is 16.4. The van der Waals surface area contributed by atoms with Crippen LogP contribution in [0.2, 0.25) is 0 Å². The van der Waals surface area contributed by atoms with Gasteiger partial charge in [-0.3, -0.25) is 0 Å². The van der Waals surface area contributed by atoms with Crippen molar-refractivity contribution in [2.24, 2.45) is 5.92 Å². The summed E-state index contributed by atoms with van der Waals surface area (Å²) in [6.07, 6.45) is 7.20. The highest BCUT2D eigenvalue weighted by Crippen LogP contribution is 2.15. The van der Waals surface area contributed by atoms with Crippen LogP contribution >= 0.6 is 0 Å². The van der Waals surface area contributed by atoms with Crippen LogP contribution in [-0.2, 0) is 6.42 Å². The summed E-state index contributed by atoms with van der Waals surface area (Å²) in [6, 6.07) is 1.72. The molecule has 0 amide bonds. The zero-order chi connectivity index (χ0) is 12.8. The number of carboxylic acid groups (broad SMARTS) is 1. The molecule has 0 fully saturated rings. The van der Waals surface area contributed by atoms with Crippen LogP contribution in [0, 0.1) is 5.92 Å². The second-order valence-electron chi connectivity index (χ2n) is 4.89. The predicted octanol–water partition coefficient (Wildman–Crippen LogP) is 3.64. The molecule has 1 unspecified atom stereocenters. The third-order valence-corrected chi connectivity index (χ3v) is 2.77. The number of carbonyl (C=O) groups is 1. The molecule has 0 aliphatic heterocycles. The quantitative estimate of drug-likeness (QED) is 0.740. The van der Waals surface area contributed by atoms with E-state index < -0.39 is 5.97 Å². The molecule has 0 bridgehead atoms. The first-order valence-corrected chi connectivity index (χ1v) is 6.03. The molecular formula is C14H21NO2. The number of aromatic carboxylic acids is 1. The minimum Gasteiger partial charge on any atom is -0.477 e. The van der Waals surface area contributed by atoms with Gasteiger partial charge < -0.3 is 10.1 Å². The van der Waals surface area contributed by atoms with Gasteiger partial charge in [0.05, 0.1) is 0 Å². The smallest absolute Gasteiger partial charge is 0.352 e. The summed E-state index contributed by atoms with van der Waals surface area (Å²) < 4.78 is 0. The normalized spacial score (nSPS) is 12.2. The number of H-pyrrole nitrogens is 1. The lowest BCUT2D eigenvalue weighted by Gasteiger charge is -2.08. The van der Waals surface area contributed by atoms with Crippen LogP contribution in [0.3, 0.4) is 0 Å². The SMILES string of the molecule is CC(C)=CCCC(C)Cc1c[nH]c(C(=O)O)c1. The second kappa shape index (κ2) is 6.28. The Labute approximate surface area is 103 Å². The van der Waals surface area contributed by atoms with Crippen LogP contribution in [0.4, 0.5) is 0 Å². The molecule has 0 radical (unpaired) electrons. The summed E-state index contributed by atoms with van der Waals surface area (Å²) in [5.74, 6) is -0.323. The molecule has 1 aromatic rings. The standard InChI is InChI=1S/C14H21NO2/c1-10(2)5-4-6-11(3)7-12-8-13(14(16)17)15-9-12/h5,8-9,11,15H,4,6-7H2,1-3H3,(H,16,17). The first kappa shape index (κ1) is 13.6.